The molecule has 1 aromatic rings. The Morgan fingerprint density at radius 1 is 1.22 bits per heavy atom. The van der Waals surface area contributed by atoms with Crippen LogP contribution in [0.25, 0.3) is 0 Å². The highest BCUT2D eigenvalue weighted by Crippen LogP contribution is 2.28. The third kappa shape index (κ3) is 2.43. The lowest BCUT2D eigenvalue weighted by Crippen LogP contribution is -2.56. The Balaban J connectivity index is 1.72. The van der Waals surface area contributed by atoms with Gasteiger partial charge in [0, 0.05) is 12.6 Å². The molecule has 0 radical (unpaired) electrons. The first kappa shape index (κ1) is 12.1. The van der Waals surface area contributed by atoms with Crippen molar-refractivity contribution in [3.63, 3.8) is 0 Å². The number of hydrogen-bond acceptors (Lipinski definition) is 4. The Morgan fingerprint density at radius 2 is 2.00 bits per heavy atom. The highest BCUT2D eigenvalue weighted by Gasteiger charge is 2.38. The molecule has 2 aliphatic rings. The van der Waals surface area contributed by atoms with E-state index in [0.717, 1.165) is 5.56 Å². The molecule has 1 aromatic carbocycles. The topological polar surface area (TPSA) is 55.4 Å². The number of fused-ring (bicyclic) bond motifs is 1. The summed E-state index contributed by atoms with van der Waals surface area (Å²) in [5.74, 6) is 0.455. The van der Waals surface area contributed by atoms with Crippen LogP contribution < -0.4 is 5.32 Å². The van der Waals surface area contributed by atoms with Gasteiger partial charge >= 0.3 is 0 Å². The second-order valence-corrected chi connectivity index (χ2v) is 7.22. The third-order valence-electron chi connectivity index (χ3n) is 3.67. The molecule has 2 fully saturated rings. The molecular formula is C13H17NO3S. The van der Waals surface area contributed by atoms with Gasteiger partial charge in [-0.25, -0.2) is 8.42 Å². The minimum absolute atomic E-state index is 0.0208. The van der Waals surface area contributed by atoms with Crippen LogP contribution in [0.1, 0.15) is 18.1 Å². The van der Waals surface area contributed by atoms with E-state index in [2.05, 4.69) is 5.32 Å². The molecule has 2 aliphatic heterocycles. The molecule has 18 heavy (non-hydrogen) atoms. The number of nitrogens with one attached hydrogen (secondary N) is 1. The molecule has 1 N–H and O–H groups in total. The van der Waals surface area contributed by atoms with Gasteiger partial charge in [0.25, 0.3) is 0 Å². The number of benzene rings is 1. The van der Waals surface area contributed by atoms with Gasteiger partial charge < -0.3 is 10.1 Å². The molecule has 0 spiro atoms. The van der Waals surface area contributed by atoms with Gasteiger partial charge in [0.15, 0.2) is 9.84 Å². The van der Waals surface area contributed by atoms with Crippen molar-refractivity contribution in [2.24, 2.45) is 0 Å². The summed E-state index contributed by atoms with van der Waals surface area (Å²) in [5.41, 5.74) is 1.15. The summed E-state index contributed by atoms with van der Waals surface area (Å²) in [4.78, 5) is 0. The van der Waals surface area contributed by atoms with Crippen molar-refractivity contribution < 1.29 is 13.2 Å². The minimum atomic E-state index is -2.88. The van der Waals surface area contributed by atoms with Crippen LogP contribution in [-0.2, 0) is 14.6 Å². The Bertz CT molecular complexity index is 514. The quantitative estimate of drug-likeness (QED) is 0.821. The fraction of sp³-hybridized carbons (Fsp3) is 0.538. The summed E-state index contributed by atoms with van der Waals surface area (Å²) in [7, 11) is -2.88. The zero-order valence-corrected chi connectivity index (χ0v) is 10.9. The fourth-order valence-electron chi connectivity index (χ4n) is 2.70. The Morgan fingerprint density at radius 3 is 2.78 bits per heavy atom. The molecule has 3 rings (SSSR count). The molecule has 0 saturated carbocycles. The summed E-state index contributed by atoms with van der Waals surface area (Å²) in [6.45, 7) is 0.681. The molecule has 0 aliphatic carbocycles. The Labute approximate surface area is 107 Å². The predicted octanol–water partition coefficient (Wildman–Crippen LogP) is 0.903. The van der Waals surface area contributed by atoms with Gasteiger partial charge in [-0.1, -0.05) is 30.3 Å². The second-order valence-electron chi connectivity index (χ2n) is 4.99. The molecule has 3 atom stereocenters. The molecule has 5 heteroatoms. The maximum atomic E-state index is 11.6. The Kier molecular flexibility index (Phi) is 3.13. The van der Waals surface area contributed by atoms with Gasteiger partial charge in [-0.15, -0.1) is 0 Å². The summed E-state index contributed by atoms with van der Waals surface area (Å²) in [6, 6.07) is 10.0. The fourth-order valence-corrected chi connectivity index (χ4v) is 4.33. The normalized spacial score (nSPS) is 34.8. The van der Waals surface area contributed by atoms with Crippen LogP contribution in [0.15, 0.2) is 30.3 Å². The van der Waals surface area contributed by atoms with Crippen molar-refractivity contribution in [1.29, 1.82) is 0 Å². The molecule has 2 heterocycles. The minimum Gasteiger partial charge on any atom is -0.367 e. The van der Waals surface area contributed by atoms with E-state index in [1.807, 2.05) is 30.3 Å². The lowest BCUT2D eigenvalue weighted by atomic mass is 10.0. The number of hydrogen-bond donors (Lipinski definition) is 1. The van der Waals surface area contributed by atoms with Crippen molar-refractivity contribution >= 4 is 9.84 Å². The van der Waals surface area contributed by atoms with E-state index < -0.39 is 9.84 Å². The summed E-state index contributed by atoms with van der Waals surface area (Å²) in [5, 5.41) is 3.32. The molecule has 2 saturated heterocycles. The standard InChI is InChI=1S/C13H17NO3S/c15-18(16)7-6-12-11(9-18)14-8-13(17-12)10-4-2-1-3-5-10/h1-5,11-14H,6-9H2. The van der Waals surface area contributed by atoms with Crippen molar-refractivity contribution in [3.8, 4) is 0 Å². The lowest BCUT2D eigenvalue weighted by Gasteiger charge is -2.40. The first-order valence-corrected chi connectivity index (χ1v) is 8.10. The third-order valence-corrected chi connectivity index (χ3v) is 5.40. The molecule has 0 aromatic heterocycles. The zero-order valence-electron chi connectivity index (χ0n) is 10.1. The van der Waals surface area contributed by atoms with Crippen LogP contribution in [-0.4, -0.2) is 38.6 Å². The van der Waals surface area contributed by atoms with E-state index >= 15 is 0 Å². The van der Waals surface area contributed by atoms with E-state index in [4.69, 9.17) is 4.74 Å². The Hall–Kier alpha value is -0.910. The smallest absolute Gasteiger partial charge is 0.152 e. The van der Waals surface area contributed by atoms with Gasteiger partial charge in [-0.05, 0) is 12.0 Å². The molecule has 3 unspecified atom stereocenters. The SMILES string of the molecule is O=S1(=O)CCC2OC(c3ccccc3)CNC2C1. The number of morpholine rings is 1. The van der Waals surface area contributed by atoms with Gasteiger partial charge in [0.05, 0.1) is 23.7 Å². The van der Waals surface area contributed by atoms with Crippen molar-refractivity contribution in [2.75, 3.05) is 18.1 Å². The summed E-state index contributed by atoms with van der Waals surface area (Å²) >= 11 is 0. The average molecular weight is 267 g/mol. The number of sulfone groups is 1. The molecule has 0 bridgehead atoms. The average Bonchev–Trinajstić information content (AvgIpc) is 2.38. The van der Waals surface area contributed by atoms with Crippen molar-refractivity contribution in [2.45, 2.75) is 24.7 Å². The second kappa shape index (κ2) is 4.64. The van der Waals surface area contributed by atoms with Gasteiger partial charge in [-0.3, -0.25) is 0 Å². The van der Waals surface area contributed by atoms with E-state index in [0.29, 0.717) is 13.0 Å². The maximum Gasteiger partial charge on any atom is 0.152 e. The van der Waals surface area contributed by atoms with Crippen molar-refractivity contribution in [3.05, 3.63) is 35.9 Å². The van der Waals surface area contributed by atoms with Crippen LogP contribution in [0.5, 0.6) is 0 Å². The predicted molar refractivity (Wildman–Crippen MR) is 69.1 cm³/mol. The van der Waals surface area contributed by atoms with Crippen LogP contribution >= 0.6 is 0 Å². The molecule has 98 valence electrons. The van der Waals surface area contributed by atoms with Crippen LogP contribution in [0.4, 0.5) is 0 Å². The van der Waals surface area contributed by atoms with Crippen molar-refractivity contribution in [1.82, 2.24) is 5.32 Å². The molecule has 0 amide bonds. The largest absolute Gasteiger partial charge is 0.367 e. The first-order chi connectivity index (χ1) is 8.64. The van der Waals surface area contributed by atoms with Crippen LogP contribution in [0.2, 0.25) is 0 Å². The van der Waals surface area contributed by atoms with E-state index in [1.54, 1.807) is 0 Å². The number of ether oxygens (including phenoxy) is 1. The maximum absolute atomic E-state index is 11.6. The zero-order chi connectivity index (χ0) is 12.6. The van der Waals surface area contributed by atoms with Crippen LogP contribution in [0.3, 0.4) is 0 Å². The highest BCUT2D eigenvalue weighted by atomic mass is 32.2. The molecule has 4 nitrogen and oxygen atoms in total. The van der Waals surface area contributed by atoms with E-state index in [9.17, 15) is 8.42 Å². The first-order valence-electron chi connectivity index (χ1n) is 6.28. The van der Waals surface area contributed by atoms with Gasteiger partial charge in [-0.2, -0.15) is 0 Å². The van der Waals surface area contributed by atoms with E-state index in [1.165, 1.54) is 0 Å². The van der Waals surface area contributed by atoms with Crippen LogP contribution in [0, 0.1) is 0 Å². The van der Waals surface area contributed by atoms with Gasteiger partial charge in [0.1, 0.15) is 0 Å². The van der Waals surface area contributed by atoms with Gasteiger partial charge in [0.2, 0.25) is 0 Å². The summed E-state index contributed by atoms with van der Waals surface area (Å²) < 4.78 is 29.2. The lowest BCUT2D eigenvalue weighted by molar-refractivity contribution is -0.0630. The highest BCUT2D eigenvalue weighted by molar-refractivity contribution is 7.91. The molecular weight excluding hydrogens is 250 g/mol. The number of rotatable bonds is 1. The summed E-state index contributed by atoms with van der Waals surface area (Å²) in [6.07, 6.45) is 0.657. The monoisotopic (exact) mass is 267 g/mol. The van der Waals surface area contributed by atoms with E-state index in [-0.39, 0.29) is 29.8 Å².